The van der Waals surface area contributed by atoms with E-state index in [-0.39, 0.29) is 0 Å². The van der Waals surface area contributed by atoms with Gasteiger partial charge in [0.05, 0.1) is 0 Å². The third-order valence-corrected chi connectivity index (χ3v) is 4.15. The van der Waals surface area contributed by atoms with Gasteiger partial charge in [-0.25, -0.2) is 9.97 Å². The lowest BCUT2D eigenvalue weighted by atomic mass is 9.99. The molecule has 1 N–H and O–H groups in total. The summed E-state index contributed by atoms with van der Waals surface area (Å²) in [5, 5.41) is 3.56. The van der Waals surface area contributed by atoms with Crippen molar-refractivity contribution in [3.05, 3.63) is 17.5 Å². The Hall–Kier alpha value is -1.16. The summed E-state index contributed by atoms with van der Waals surface area (Å²) in [4.78, 5) is 11.6. The van der Waals surface area contributed by atoms with Crippen molar-refractivity contribution in [3.63, 3.8) is 0 Å². The molecule has 4 nitrogen and oxygen atoms in total. The molecule has 2 atom stereocenters. The van der Waals surface area contributed by atoms with Crippen molar-refractivity contribution in [1.82, 2.24) is 14.9 Å². The van der Waals surface area contributed by atoms with Crippen LogP contribution in [0.3, 0.4) is 0 Å². The number of rotatable bonds is 2. The fraction of sp³-hybridized carbons (Fsp3) is 0.714. The molecule has 0 spiro atoms. The Balaban J connectivity index is 1.72. The number of hydrogen-bond donors (Lipinski definition) is 1. The van der Waals surface area contributed by atoms with Crippen molar-refractivity contribution < 1.29 is 0 Å². The van der Waals surface area contributed by atoms with E-state index in [0.717, 1.165) is 17.3 Å². The van der Waals surface area contributed by atoms with Gasteiger partial charge in [-0.2, -0.15) is 0 Å². The van der Waals surface area contributed by atoms with E-state index in [2.05, 4.69) is 20.2 Å². The molecule has 0 bridgehead atoms. The van der Waals surface area contributed by atoms with E-state index < -0.39 is 0 Å². The number of hydrogen-bond acceptors (Lipinski definition) is 4. The first-order valence-corrected chi connectivity index (χ1v) is 7.05. The summed E-state index contributed by atoms with van der Waals surface area (Å²) < 4.78 is 0. The summed E-state index contributed by atoms with van der Waals surface area (Å²) in [5.41, 5.74) is 2.09. The van der Waals surface area contributed by atoms with E-state index in [1.165, 1.54) is 38.8 Å². The molecular weight excluding hydrogens is 224 g/mol. The predicted octanol–water partition coefficient (Wildman–Crippen LogP) is 2.13. The SMILES string of the molecule is Cc1cc(C)nc(NC2CCN3CCCCC23)n1. The van der Waals surface area contributed by atoms with Gasteiger partial charge in [0.2, 0.25) is 5.95 Å². The summed E-state index contributed by atoms with van der Waals surface area (Å²) in [6, 6.07) is 3.25. The molecule has 2 fully saturated rings. The lowest BCUT2D eigenvalue weighted by Crippen LogP contribution is -2.42. The molecule has 4 heteroatoms. The van der Waals surface area contributed by atoms with Gasteiger partial charge in [0, 0.05) is 30.0 Å². The number of aryl methyl sites for hydroxylation is 2. The maximum absolute atomic E-state index is 4.49. The highest BCUT2D eigenvalue weighted by Gasteiger charge is 2.35. The Kier molecular flexibility index (Phi) is 3.20. The highest BCUT2D eigenvalue weighted by molar-refractivity contribution is 5.30. The van der Waals surface area contributed by atoms with Crippen LogP contribution in [0.4, 0.5) is 5.95 Å². The molecule has 0 saturated carbocycles. The van der Waals surface area contributed by atoms with Gasteiger partial charge in [-0.1, -0.05) is 6.42 Å². The van der Waals surface area contributed by atoms with Crippen molar-refractivity contribution in [2.45, 2.75) is 51.6 Å². The first-order chi connectivity index (χ1) is 8.72. The van der Waals surface area contributed by atoms with Crippen LogP contribution in [-0.2, 0) is 0 Å². The molecule has 0 amide bonds. The molecule has 3 rings (SSSR count). The molecule has 0 aliphatic carbocycles. The van der Waals surface area contributed by atoms with Gasteiger partial charge < -0.3 is 5.32 Å². The van der Waals surface area contributed by atoms with E-state index >= 15 is 0 Å². The molecule has 2 aliphatic heterocycles. The van der Waals surface area contributed by atoms with Gasteiger partial charge in [-0.3, -0.25) is 4.90 Å². The maximum atomic E-state index is 4.49. The minimum absolute atomic E-state index is 0.534. The third kappa shape index (κ3) is 2.34. The minimum Gasteiger partial charge on any atom is -0.350 e. The average molecular weight is 246 g/mol. The first kappa shape index (κ1) is 11.9. The smallest absolute Gasteiger partial charge is 0.223 e. The zero-order valence-corrected chi connectivity index (χ0v) is 11.3. The van der Waals surface area contributed by atoms with Crippen LogP contribution in [0.15, 0.2) is 6.07 Å². The second kappa shape index (κ2) is 4.84. The van der Waals surface area contributed by atoms with Crippen LogP contribution in [0.2, 0.25) is 0 Å². The van der Waals surface area contributed by atoms with Crippen molar-refractivity contribution in [2.75, 3.05) is 18.4 Å². The molecule has 2 aliphatic rings. The largest absolute Gasteiger partial charge is 0.350 e. The standard InChI is InChI=1S/C14H22N4/c1-10-9-11(2)16-14(15-10)17-12-6-8-18-7-4-3-5-13(12)18/h9,12-13H,3-8H2,1-2H3,(H,15,16,17). The van der Waals surface area contributed by atoms with E-state index in [9.17, 15) is 0 Å². The van der Waals surface area contributed by atoms with E-state index in [1.54, 1.807) is 0 Å². The molecule has 2 unspecified atom stereocenters. The molecule has 18 heavy (non-hydrogen) atoms. The summed E-state index contributed by atoms with van der Waals surface area (Å²) in [5.74, 6) is 0.810. The zero-order chi connectivity index (χ0) is 12.5. The van der Waals surface area contributed by atoms with Crippen LogP contribution in [0.25, 0.3) is 0 Å². The van der Waals surface area contributed by atoms with Crippen LogP contribution in [0.1, 0.15) is 37.1 Å². The summed E-state index contributed by atoms with van der Waals surface area (Å²) in [6.07, 6.45) is 5.28. The Morgan fingerprint density at radius 3 is 2.67 bits per heavy atom. The van der Waals surface area contributed by atoms with E-state index in [1.807, 2.05) is 19.9 Å². The molecule has 0 aromatic carbocycles. The molecule has 2 saturated heterocycles. The average Bonchev–Trinajstić information content (AvgIpc) is 2.72. The summed E-state index contributed by atoms with van der Waals surface area (Å²) >= 11 is 0. The van der Waals surface area contributed by atoms with Gasteiger partial charge in [-0.05, 0) is 45.7 Å². The van der Waals surface area contributed by atoms with Crippen molar-refractivity contribution in [3.8, 4) is 0 Å². The highest BCUT2D eigenvalue weighted by Crippen LogP contribution is 2.28. The van der Waals surface area contributed by atoms with Gasteiger partial charge in [0.1, 0.15) is 0 Å². The Bertz CT molecular complexity index is 412. The highest BCUT2D eigenvalue weighted by atomic mass is 15.2. The van der Waals surface area contributed by atoms with Crippen LogP contribution in [0.5, 0.6) is 0 Å². The number of nitrogens with one attached hydrogen (secondary N) is 1. The molecule has 1 aromatic rings. The quantitative estimate of drug-likeness (QED) is 0.868. The fourth-order valence-electron chi connectivity index (χ4n) is 3.37. The van der Waals surface area contributed by atoms with Crippen LogP contribution < -0.4 is 5.32 Å². The molecule has 1 aromatic heterocycles. The van der Waals surface area contributed by atoms with Gasteiger partial charge >= 0.3 is 0 Å². The second-order valence-electron chi connectivity index (χ2n) is 5.61. The van der Waals surface area contributed by atoms with E-state index in [0.29, 0.717) is 12.1 Å². The Morgan fingerprint density at radius 2 is 1.89 bits per heavy atom. The van der Waals surface area contributed by atoms with Gasteiger partial charge in [0.25, 0.3) is 0 Å². The third-order valence-electron chi connectivity index (χ3n) is 4.15. The number of nitrogens with zero attached hydrogens (tertiary/aromatic N) is 3. The monoisotopic (exact) mass is 246 g/mol. The van der Waals surface area contributed by atoms with Crippen molar-refractivity contribution >= 4 is 5.95 Å². The number of piperidine rings is 1. The summed E-state index contributed by atoms with van der Waals surface area (Å²) in [6.45, 7) is 6.56. The van der Waals surface area contributed by atoms with Crippen molar-refractivity contribution in [2.24, 2.45) is 0 Å². The number of fused-ring (bicyclic) bond motifs is 1. The molecule has 0 radical (unpaired) electrons. The zero-order valence-electron chi connectivity index (χ0n) is 11.3. The Morgan fingerprint density at radius 1 is 1.11 bits per heavy atom. The molecular formula is C14H22N4. The second-order valence-corrected chi connectivity index (χ2v) is 5.61. The van der Waals surface area contributed by atoms with Gasteiger partial charge in [0.15, 0.2) is 0 Å². The Labute approximate surface area is 109 Å². The lowest BCUT2D eigenvalue weighted by Gasteiger charge is -2.32. The van der Waals surface area contributed by atoms with Crippen LogP contribution in [0, 0.1) is 13.8 Å². The minimum atomic E-state index is 0.534. The predicted molar refractivity (Wildman–Crippen MR) is 72.7 cm³/mol. The van der Waals surface area contributed by atoms with Crippen LogP contribution >= 0.6 is 0 Å². The normalized spacial score (nSPS) is 28.1. The van der Waals surface area contributed by atoms with Crippen LogP contribution in [-0.4, -0.2) is 40.0 Å². The number of anilines is 1. The summed E-state index contributed by atoms with van der Waals surface area (Å²) in [7, 11) is 0. The van der Waals surface area contributed by atoms with Gasteiger partial charge in [-0.15, -0.1) is 0 Å². The van der Waals surface area contributed by atoms with Crippen molar-refractivity contribution in [1.29, 1.82) is 0 Å². The topological polar surface area (TPSA) is 41.1 Å². The first-order valence-electron chi connectivity index (χ1n) is 7.05. The number of aromatic nitrogens is 2. The maximum Gasteiger partial charge on any atom is 0.223 e. The molecule has 3 heterocycles. The lowest BCUT2D eigenvalue weighted by molar-refractivity contribution is 0.192. The molecule has 98 valence electrons. The van der Waals surface area contributed by atoms with E-state index in [4.69, 9.17) is 0 Å². The fourth-order valence-corrected chi connectivity index (χ4v) is 3.37.